The van der Waals surface area contributed by atoms with Crippen LogP contribution in [-0.4, -0.2) is 27.7 Å². The second kappa shape index (κ2) is 9.00. The second-order valence-corrected chi connectivity index (χ2v) is 6.31. The van der Waals surface area contributed by atoms with Gasteiger partial charge in [0.15, 0.2) is 6.61 Å². The molecule has 0 saturated carbocycles. The maximum Gasteiger partial charge on any atom is 0.331 e. The molecule has 4 aromatic rings. The maximum absolute atomic E-state index is 12.0. The number of esters is 1. The fourth-order valence-corrected chi connectivity index (χ4v) is 2.86. The van der Waals surface area contributed by atoms with Gasteiger partial charge < -0.3 is 14.0 Å². The van der Waals surface area contributed by atoms with Crippen molar-refractivity contribution in [1.82, 2.24) is 15.1 Å². The third kappa shape index (κ3) is 4.52. The standard InChI is InChI=1S/C23H19N3O4/c1-2-28-20-10-6-4-8-18(20)23-25-21(30-26-23)15-29-22(27)14-13-17-12-11-16-7-3-5-9-19(16)24-17/h3-14H,2,15H2,1H3/b14-13+. The minimum Gasteiger partial charge on any atom is -0.493 e. The molecule has 2 aromatic carbocycles. The van der Waals surface area contributed by atoms with E-state index in [-0.39, 0.29) is 12.5 Å². The van der Waals surface area contributed by atoms with E-state index >= 15 is 0 Å². The molecule has 150 valence electrons. The predicted octanol–water partition coefficient (Wildman–Crippen LogP) is 4.44. The van der Waals surface area contributed by atoms with Crippen LogP contribution in [0.15, 0.2) is 71.3 Å². The van der Waals surface area contributed by atoms with Crippen LogP contribution in [0.5, 0.6) is 5.75 Å². The molecule has 30 heavy (non-hydrogen) atoms. The normalized spacial score (nSPS) is 11.1. The van der Waals surface area contributed by atoms with Crippen LogP contribution < -0.4 is 4.74 Å². The summed E-state index contributed by atoms with van der Waals surface area (Å²) >= 11 is 0. The molecule has 0 radical (unpaired) electrons. The molecule has 0 aliphatic heterocycles. The molecule has 2 heterocycles. The van der Waals surface area contributed by atoms with Crippen molar-refractivity contribution in [3.05, 3.63) is 78.3 Å². The van der Waals surface area contributed by atoms with Gasteiger partial charge in [-0.15, -0.1) is 0 Å². The van der Waals surface area contributed by atoms with Gasteiger partial charge in [0.05, 0.1) is 23.4 Å². The Labute approximate surface area is 173 Å². The summed E-state index contributed by atoms with van der Waals surface area (Å²) in [5.74, 6) is 0.706. The van der Waals surface area contributed by atoms with Gasteiger partial charge in [-0.05, 0) is 37.3 Å². The molecular weight excluding hydrogens is 382 g/mol. The summed E-state index contributed by atoms with van der Waals surface area (Å²) in [5, 5.41) is 4.98. The number of fused-ring (bicyclic) bond motifs is 1. The van der Waals surface area contributed by atoms with Crippen molar-refractivity contribution in [3.8, 4) is 17.1 Å². The van der Waals surface area contributed by atoms with E-state index < -0.39 is 5.97 Å². The maximum atomic E-state index is 12.0. The average molecular weight is 401 g/mol. The molecule has 7 heteroatoms. The smallest absolute Gasteiger partial charge is 0.331 e. The lowest BCUT2D eigenvalue weighted by atomic mass is 10.2. The highest BCUT2D eigenvalue weighted by atomic mass is 16.6. The van der Waals surface area contributed by atoms with Gasteiger partial charge in [0, 0.05) is 11.5 Å². The third-order valence-electron chi connectivity index (χ3n) is 4.24. The van der Waals surface area contributed by atoms with E-state index in [9.17, 15) is 4.79 Å². The van der Waals surface area contributed by atoms with Crippen molar-refractivity contribution in [2.24, 2.45) is 0 Å². The number of hydrogen-bond acceptors (Lipinski definition) is 7. The fourth-order valence-electron chi connectivity index (χ4n) is 2.86. The van der Waals surface area contributed by atoms with Crippen molar-refractivity contribution in [2.45, 2.75) is 13.5 Å². The lowest BCUT2D eigenvalue weighted by Gasteiger charge is -2.05. The molecule has 0 N–H and O–H groups in total. The average Bonchev–Trinajstić information content (AvgIpc) is 3.25. The molecule has 0 aliphatic carbocycles. The van der Waals surface area contributed by atoms with Gasteiger partial charge in [-0.3, -0.25) is 0 Å². The van der Waals surface area contributed by atoms with Crippen LogP contribution in [0, 0.1) is 0 Å². The first-order valence-corrected chi connectivity index (χ1v) is 9.48. The number of benzene rings is 2. The minimum absolute atomic E-state index is 0.127. The highest BCUT2D eigenvalue weighted by Crippen LogP contribution is 2.27. The summed E-state index contributed by atoms with van der Waals surface area (Å²) < 4.78 is 15.9. The van der Waals surface area contributed by atoms with E-state index in [1.807, 2.05) is 67.6 Å². The van der Waals surface area contributed by atoms with Crippen LogP contribution in [0.3, 0.4) is 0 Å². The first-order chi connectivity index (χ1) is 14.7. The van der Waals surface area contributed by atoms with E-state index in [4.69, 9.17) is 14.0 Å². The Balaban J connectivity index is 1.38. The Bertz CT molecular complexity index is 1200. The van der Waals surface area contributed by atoms with Crippen molar-refractivity contribution >= 4 is 22.9 Å². The highest BCUT2D eigenvalue weighted by Gasteiger charge is 2.14. The van der Waals surface area contributed by atoms with Crippen LogP contribution in [0.4, 0.5) is 0 Å². The highest BCUT2D eigenvalue weighted by molar-refractivity contribution is 5.87. The van der Waals surface area contributed by atoms with Gasteiger partial charge in [-0.2, -0.15) is 4.98 Å². The van der Waals surface area contributed by atoms with Crippen molar-refractivity contribution in [3.63, 3.8) is 0 Å². The topological polar surface area (TPSA) is 87.3 Å². The van der Waals surface area contributed by atoms with E-state index in [0.717, 1.165) is 10.9 Å². The molecule has 7 nitrogen and oxygen atoms in total. The minimum atomic E-state index is -0.528. The van der Waals surface area contributed by atoms with Crippen LogP contribution in [-0.2, 0) is 16.1 Å². The number of nitrogens with zero attached hydrogens (tertiary/aromatic N) is 3. The van der Waals surface area contributed by atoms with Gasteiger partial charge in [0.2, 0.25) is 5.82 Å². The molecule has 4 rings (SSSR count). The number of rotatable bonds is 7. The molecule has 0 unspecified atom stereocenters. The quantitative estimate of drug-likeness (QED) is 0.334. The molecule has 2 aromatic heterocycles. The Morgan fingerprint density at radius 3 is 2.77 bits per heavy atom. The van der Waals surface area contributed by atoms with Crippen LogP contribution >= 0.6 is 0 Å². The van der Waals surface area contributed by atoms with Crippen molar-refractivity contribution in [1.29, 1.82) is 0 Å². The summed E-state index contributed by atoms with van der Waals surface area (Å²) in [6, 6.07) is 19.0. The van der Waals surface area contributed by atoms with Crippen LogP contribution in [0.25, 0.3) is 28.4 Å². The van der Waals surface area contributed by atoms with E-state index in [1.165, 1.54) is 6.08 Å². The summed E-state index contributed by atoms with van der Waals surface area (Å²) in [6.45, 7) is 2.30. The van der Waals surface area contributed by atoms with E-state index in [2.05, 4.69) is 15.1 Å². The lowest BCUT2D eigenvalue weighted by molar-refractivity contribution is -0.139. The third-order valence-corrected chi connectivity index (χ3v) is 4.24. The second-order valence-electron chi connectivity index (χ2n) is 6.31. The fraction of sp³-hybridized carbons (Fsp3) is 0.130. The number of ether oxygens (including phenoxy) is 2. The molecule has 0 spiro atoms. The first kappa shape index (κ1) is 19.3. The number of aromatic nitrogens is 3. The summed E-state index contributed by atoms with van der Waals surface area (Å²) in [5.41, 5.74) is 2.24. The molecule has 0 amide bonds. The zero-order valence-electron chi connectivity index (χ0n) is 16.3. The number of carbonyl (C=O) groups excluding carboxylic acids is 1. The Morgan fingerprint density at radius 2 is 1.87 bits per heavy atom. The summed E-state index contributed by atoms with van der Waals surface area (Å²) in [6.07, 6.45) is 2.92. The SMILES string of the molecule is CCOc1ccccc1-c1noc(COC(=O)/C=C/c2ccc3ccccc3n2)n1. The first-order valence-electron chi connectivity index (χ1n) is 9.48. The Kier molecular flexibility index (Phi) is 5.80. The summed E-state index contributed by atoms with van der Waals surface area (Å²) in [4.78, 5) is 20.8. The van der Waals surface area contributed by atoms with Gasteiger partial charge in [-0.1, -0.05) is 41.6 Å². The van der Waals surface area contributed by atoms with Gasteiger partial charge in [0.1, 0.15) is 5.75 Å². The number of hydrogen-bond donors (Lipinski definition) is 0. The number of para-hydroxylation sites is 2. The predicted molar refractivity (Wildman–Crippen MR) is 111 cm³/mol. The molecule has 0 fully saturated rings. The van der Waals surface area contributed by atoms with E-state index in [0.29, 0.717) is 29.4 Å². The Morgan fingerprint density at radius 1 is 1.03 bits per heavy atom. The molecule has 0 bridgehead atoms. The number of pyridine rings is 1. The van der Waals surface area contributed by atoms with Crippen LogP contribution in [0.1, 0.15) is 18.5 Å². The lowest BCUT2D eigenvalue weighted by Crippen LogP contribution is -2.01. The monoisotopic (exact) mass is 401 g/mol. The van der Waals surface area contributed by atoms with Crippen LogP contribution in [0.2, 0.25) is 0 Å². The van der Waals surface area contributed by atoms with Crippen molar-refractivity contribution in [2.75, 3.05) is 6.61 Å². The summed E-state index contributed by atoms with van der Waals surface area (Å²) in [7, 11) is 0. The van der Waals surface area contributed by atoms with Gasteiger partial charge >= 0.3 is 5.97 Å². The zero-order chi connectivity index (χ0) is 20.8. The molecule has 0 saturated heterocycles. The molecule has 0 atom stereocenters. The number of carbonyl (C=O) groups is 1. The van der Waals surface area contributed by atoms with Crippen molar-refractivity contribution < 1.29 is 18.8 Å². The molecular formula is C23H19N3O4. The Hall–Kier alpha value is -4.00. The van der Waals surface area contributed by atoms with Gasteiger partial charge in [-0.25, -0.2) is 9.78 Å². The van der Waals surface area contributed by atoms with Gasteiger partial charge in [0.25, 0.3) is 5.89 Å². The largest absolute Gasteiger partial charge is 0.493 e. The zero-order valence-corrected chi connectivity index (χ0v) is 16.3. The van der Waals surface area contributed by atoms with E-state index in [1.54, 1.807) is 6.08 Å². The molecule has 0 aliphatic rings.